The summed E-state index contributed by atoms with van der Waals surface area (Å²) in [5.41, 5.74) is 2.63. The van der Waals surface area contributed by atoms with Crippen molar-refractivity contribution in [3.8, 4) is 5.75 Å². The molecule has 0 spiro atoms. The summed E-state index contributed by atoms with van der Waals surface area (Å²) in [5, 5.41) is 2.87. The van der Waals surface area contributed by atoms with E-state index in [0.717, 1.165) is 74.3 Å². The highest BCUT2D eigenvalue weighted by Crippen LogP contribution is 2.34. The highest BCUT2D eigenvalue weighted by atomic mass is 19.1. The average Bonchev–Trinajstić information content (AvgIpc) is 3.21. The van der Waals surface area contributed by atoms with E-state index in [0.29, 0.717) is 6.42 Å². The van der Waals surface area contributed by atoms with Gasteiger partial charge in [-0.2, -0.15) is 0 Å². The molecular weight excluding hydrogens is 357 g/mol. The molecule has 0 unspecified atom stereocenters. The van der Waals surface area contributed by atoms with Gasteiger partial charge >= 0.3 is 0 Å². The van der Waals surface area contributed by atoms with Crippen LogP contribution in [0.4, 0.5) is 10.1 Å². The van der Waals surface area contributed by atoms with Crippen molar-refractivity contribution in [2.24, 2.45) is 0 Å². The van der Waals surface area contributed by atoms with Crippen LogP contribution in [0.15, 0.2) is 36.7 Å². The van der Waals surface area contributed by atoms with Crippen molar-refractivity contribution in [1.29, 1.82) is 0 Å². The fourth-order valence-corrected chi connectivity index (χ4v) is 4.09. The van der Waals surface area contributed by atoms with E-state index in [9.17, 15) is 9.18 Å². The molecule has 1 amide bonds. The number of anilines is 1. The highest BCUT2D eigenvalue weighted by Gasteiger charge is 2.24. The zero-order valence-corrected chi connectivity index (χ0v) is 16.0. The van der Waals surface area contributed by atoms with E-state index in [1.807, 2.05) is 6.07 Å². The molecule has 0 saturated carbocycles. The van der Waals surface area contributed by atoms with Gasteiger partial charge in [0.15, 0.2) is 0 Å². The largest absolute Gasteiger partial charge is 0.490 e. The van der Waals surface area contributed by atoms with Crippen molar-refractivity contribution in [1.82, 2.24) is 9.88 Å². The van der Waals surface area contributed by atoms with Crippen LogP contribution in [0, 0.1) is 5.82 Å². The topological polar surface area (TPSA) is 54.5 Å². The molecule has 2 aromatic rings. The number of nitrogens with one attached hydrogen (secondary N) is 1. The maximum atomic E-state index is 13.9. The summed E-state index contributed by atoms with van der Waals surface area (Å²) in [6, 6.07) is 6.96. The van der Waals surface area contributed by atoms with Crippen molar-refractivity contribution >= 4 is 11.6 Å². The van der Waals surface area contributed by atoms with Gasteiger partial charge in [0.2, 0.25) is 5.91 Å². The molecule has 1 aliphatic carbocycles. The number of likely N-dealkylation sites (tertiary alicyclic amines) is 1. The van der Waals surface area contributed by atoms with E-state index >= 15 is 0 Å². The van der Waals surface area contributed by atoms with E-state index < -0.39 is 0 Å². The number of aromatic nitrogens is 1. The van der Waals surface area contributed by atoms with Crippen LogP contribution in [0.3, 0.4) is 0 Å². The molecule has 2 aliphatic rings. The molecule has 1 N–H and O–H groups in total. The minimum absolute atomic E-state index is 0.00764. The highest BCUT2D eigenvalue weighted by molar-refractivity contribution is 5.90. The lowest BCUT2D eigenvalue weighted by atomic mass is 10.1. The number of pyridine rings is 1. The predicted molar refractivity (Wildman–Crippen MR) is 106 cm³/mol. The molecule has 28 heavy (non-hydrogen) atoms. The molecule has 148 valence electrons. The van der Waals surface area contributed by atoms with Crippen molar-refractivity contribution in [2.45, 2.75) is 44.6 Å². The van der Waals surface area contributed by atoms with Gasteiger partial charge in [-0.3, -0.25) is 9.78 Å². The number of rotatable bonds is 6. The second kappa shape index (κ2) is 8.69. The van der Waals surface area contributed by atoms with Crippen molar-refractivity contribution in [3.05, 3.63) is 53.6 Å². The maximum Gasteiger partial charge on any atom is 0.225 e. The molecule has 5 nitrogen and oxygen atoms in total. The number of ether oxygens (including phenoxy) is 1. The Bertz CT molecular complexity index is 820. The molecule has 1 saturated heterocycles. The lowest BCUT2D eigenvalue weighted by Crippen LogP contribution is -2.39. The molecule has 4 rings (SSSR count). The first-order valence-corrected chi connectivity index (χ1v) is 10.1. The monoisotopic (exact) mass is 383 g/mol. The summed E-state index contributed by atoms with van der Waals surface area (Å²) in [6.45, 7) is 2.56. The maximum absolute atomic E-state index is 13.9. The summed E-state index contributed by atoms with van der Waals surface area (Å²) in [4.78, 5) is 18.4. The fourth-order valence-electron chi connectivity index (χ4n) is 4.09. The van der Waals surface area contributed by atoms with Crippen LogP contribution < -0.4 is 10.1 Å². The van der Waals surface area contributed by atoms with Crippen LogP contribution in [-0.2, 0) is 17.6 Å². The summed E-state index contributed by atoms with van der Waals surface area (Å²) in [6.07, 6.45) is 8.54. The van der Waals surface area contributed by atoms with E-state index in [2.05, 4.69) is 15.2 Å². The van der Waals surface area contributed by atoms with Crippen molar-refractivity contribution in [3.63, 3.8) is 0 Å². The number of fused-ring (bicyclic) bond motifs is 1. The van der Waals surface area contributed by atoms with Gasteiger partial charge in [0.05, 0.1) is 11.9 Å². The number of carbonyl (C=O) groups is 1. The summed E-state index contributed by atoms with van der Waals surface area (Å²) >= 11 is 0. The van der Waals surface area contributed by atoms with Crippen molar-refractivity contribution < 1.29 is 13.9 Å². The Kier molecular flexibility index (Phi) is 5.86. The molecule has 1 aromatic heterocycles. The van der Waals surface area contributed by atoms with Gasteiger partial charge in [-0.25, -0.2) is 4.39 Å². The zero-order valence-electron chi connectivity index (χ0n) is 16.0. The Morgan fingerprint density at radius 3 is 2.82 bits per heavy atom. The van der Waals surface area contributed by atoms with Gasteiger partial charge in [-0.05, 0) is 61.9 Å². The van der Waals surface area contributed by atoms with Crippen LogP contribution in [-0.4, -0.2) is 41.5 Å². The fraction of sp³-hybridized carbons (Fsp3) is 0.455. The van der Waals surface area contributed by atoms with Gasteiger partial charge in [0.25, 0.3) is 0 Å². The predicted octanol–water partition coefficient (Wildman–Crippen LogP) is 3.58. The molecule has 6 heteroatoms. The molecule has 0 radical (unpaired) electrons. The number of nitrogens with zero attached hydrogens (tertiary/aromatic N) is 2. The lowest BCUT2D eigenvalue weighted by Gasteiger charge is -2.32. The van der Waals surface area contributed by atoms with E-state index in [1.54, 1.807) is 24.5 Å². The molecule has 0 bridgehead atoms. The Hall–Kier alpha value is -2.47. The number of hydrogen-bond acceptors (Lipinski definition) is 4. The molecule has 2 heterocycles. The summed E-state index contributed by atoms with van der Waals surface area (Å²) < 4.78 is 20.1. The van der Waals surface area contributed by atoms with Crippen LogP contribution >= 0.6 is 0 Å². The number of amides is 1. The quantitative estimate of drug-likeness (QED) is 0.828. The first kappa shape index (κ1) is 18.9. The Labute approximate surface area is 164 Å². The first-order chi connectivity index (χ1) is 13.7. The smallest absolute Gasteiger partial charge is 0.225 e. The SMILES string of the molecule is O=C(CCN1CCC(Oc2ccc(F)c3c2CCC3)CC1)Nc1cccnc1. The minimum atomic E-state index is -0.0979. The van der Waals surface area contributed by atoms with E-state index in [4.69, 9.17) is 4.74 Å². The molecular formula is C22H26FN3O2. The second-order valence-electron chi connectivity index (χ2n) is 7.55. The Morgan fingerprint density at radius 2 is 2.04 bits per heavy atom. The second-order valence-corrected chi connectivity index (χ2v) is 7.55. The van der Waals surface area contributed by atoms with E-state index in [1.165, 1.54) is 6.07 Å². The van der Waals surface area contributed by atoms with Gasteiger partial charge in [-0.15, -0.1) is 0 Å². The standard InChI is InChI=1S/C22H26FN3O2/c23-20-6-7-21(19-5-1-4-18(19)20)28-17-8-12-26(13-9-17)14-10-22(27)25-16-3-2-11-24-15-16/h2-3,6-7,11,15,17H,1,4-5,8-10,12-14H2,(H,25,27). The van der Waals surface area contributed by atoms with E-state index in [-0.39, 0.29) is 17.8 Å². The molecule has 1 fully saturated rings. The average molecular weight is 383 g/mol. The third-order valence-corrected chi connectivity index (χ3v) is 5.61. The number of halogens is 1. The molecule has 1 aromatic carbocycles. The normalized spacial score (nSPS) is 17.3. The van der Waals surface area contributed by atoms with Crippen LogP contribution in [0.2, 0.25) is 0 Å². The van der Waals surface area contributed by atoms with Gasteiger partial charge in [0, 0.05) is 37.8 Å². The number of hydrogen-bond donors (Lipinski definition) is 1. The number of piperidine rings is 1. The Balaban J connectivity index is 1.22. The van der Waals surface area contributed by atoms with Crippen LogP contribution in [0.1, 0.15) is 36.8 Å². The number of carbonyl (C=O) groups excluding carboxylic acids is 1. The first-order valence-electron chi connectivity index (χ1n) is 10.1. The Morgan fingerprint density at radius 1 is 1.21 bits per heavy atom. The third-order valence-electron chi connectivity index (χ3n) is 5.61. The summed E-state index contributed by atoms with van der Waals surface area (Å²) in [5.74, 6) is 0.774. The van der Waals surface area contributed by atoms with Crippen LogP contribution in [0.5, 0.6) is 5.75 Å². The third kappa shape index (κ3) is 4.50. The summed E-state index contributed by atoms with van der Waals surface area (Å²) in [7, 11) is 0. The van der Waals surface area contributed by atoms with Gasteiger partial charge < -0.3 is 15.0 Å². The van der Waals surface area contributed by atoms with Gasteiger partial charge in [0.1, 0.15) is 17.7 Å². The molecule has 1 aliphatic heterocycles. The van der Waals surface area contributed by atoms with Gasteiger partial charge in [-0.1, -0.05) is 0 Å². The number of benzene rings is 1. The molecule has 0 atom stereocenters. The van der Waals surface area contributed by atoms with Crippen molar-refractivity contribution in [2.75, 3.05) is 25.0 Å². The van der Waals surface area contributed by atoms with Crippen LogP contribution in [0.25, 0.3) is 0 Å². The minimum Gasteiger partial charge on any atom is -0.490 e. The lowest BCUT2D eigenvalue weighted by molar-refractivity contribution is -0.116. The zero-order chi connectivity index (χ0) is 19.3.